The van der Waals surface area contributed by atoms with Crippen molar-refractivity contribution in [3.05, 3.63) is 34.9 Å². The quantitative estimate of drug-likeness (QED) is 0.817. The van der Waals surface area contributed by atoms with Crippen LogP contribution in [0.25, 0.3) is 0 Å². The number of rotatable bonds is 5. The molecule has 0 aliphatic rings. The molecule has 0 fully saturated rings. The summed E-state index contributed by atoms with van der Waals surface area (Å²) < 4.78 is 53.3. The second-order valence-corrected chi connectivity index (χ2v) is 4.91. The number of alkyl halides is 4. The van der Waals surface area contributed by atoms with E-state index in [0.717, 1.165) is 18.2 Å². The molecular weight excluding hydrogens is 276 g/mol. The fourth-order valence-electron chi connectivity index (χ4n) is 1.67. The highest BCUT2D eigenvalue weighted by Gasteiger charge is 2.31. The van der Waals surface area contributed by atoms with Crippen LogP contribution in [-0.4, -0.2) is 11.9 Å². The Balaban J connectivity index is 3.28. The first-order valence-electron chi connectivity index (χ1n) is 5.86. The Morgan fingerprint density at radius 1 is 1.10 bits per heavy atom. The summed E-state index contributed by atoms with van der Waals surface area (Å²) in [6, 6.07) is 1.74. The maximum Gasteiger partial charge on any atom is 0.270 e. The van der Waals surface area contributed by atoms with Gasteiger partial charge in [-0.3, -0.25) is 4.79 Å². The third-order valence-electron chi connectivity index (χ3n) is 2.83. The van der Waals surface area contributed by atoms with Gasteiger partial charge in [0.25, 0.3) is 11.8 Å². The molecule has 112 valence electrons. The van der Waals surface area contributed by atoms with Crippen molar-refractivity contribution in [2.24, 2.45) is 11.5 Å². The molecule has 1 rings (SSSR count). The SMILES string of the molecule is CC(F)(F)c1cc(CC(N)C(N)=O)cc(C(C)(F)F)c1. The van der Waals surface area contributed by atoms with Gasteiger partial charge < -0.3 is 11.5 Å². The zero-order valence-corrected chi connectivity index (χ0v) is 11.1. The molecule has 0 aliphatic carbocycles. The summed E-state index contributed by atoms with van der Waals surface area (Å²) in [6.45, 7) is 1.22. The maximum absolute atomic E-state index is 13.3. The Hall–Kier alpha value is -1.63. The van der Waals surface area contributed by atoms with Gasteiger partial charge in [0, 0.05) is 25.0 Å². The van der Waals surface area contributed by atoms with E-state index in [-0.39, 0.29) is 12.0 Å². The van der Waals surface area contributed by atoms with E-state index in [4.69, 9.17) is 11.5 Å². The van der Waals surface area contributed by atoms with Gasteiger partial charge in [0.2, 0.25) is 5.91 Å². The van der Waals surface area contributed by atoms with Crippen LogP contribution in [0.4, 0.5) is 17.6 Å². The van der Waals surface area contributed by atoms with Crippen LogP contribution in [0.5, 0.6) is 0 Å². The van der Waals surface area contributed by atoms with Crippen molar-refractivity contribution in [1.82, 2.24) is 0 Å². The molecule has 3 nitrogen and oxygen atoms in total. The molecule has 1 aromatic carbocycles. The third kappa shape index (κ3) is 4.19. The second-order valence-electron chi connectivity index (χ2n) is 4.91. The van der Waals surface area contributed by atoms with E-state index in [1.54, 1.807) is 0 Å². The predicted octanol–water partition coefficient (Wildman–Crippen LogP) is 2.27. The molecule has 4 N–H and O–H groups in total. The van der Waals surface area contributed by atoms with Gasteiger partial charge in [0.15, 0.2) is 0 Å². The number of halogens is 4. The fourth-order valence-corrected chi connectivity index (χ4v) is 1.67. The molecule has 1 atom stereocenters. The van der Waals surface area contributed by atoms with Crippen LogP contribution in [0.15, 0.2) is 18.2 Å². The van der Waals surface area contributed by atoms with E-state index in [9.17, 15) is 22.4 Å². The van der Waals surface area contributed by atoms with Gasteiger partial charge in [-0.2, -0.15) is 0 Å². The van der Waals surface area contributed by atoms with E-state index in [2.05, 4.69) is 0 Å². The second kappa shape index (κ2) is 5.40. The summed E-state index contributed by atoms with van der Waals surface area (Å²) in [6.07, 6.45) is -0.178. The first-order valence-corrected chi connectivity index (χ1v) is 5.86. The molecule has 1 aromatic rings. The Labute approximate surface area is 113 Å². The van der Waals surface area contributed by atoms with E-state index >= 15 is 0 Å². The summed E-state index contributed by atoms with van der Waals surface area (Å²) in [4.78, 5) is 10.9. The number of primary amides is 1. The standard InChI is InChI=1S/C13H16F4N2O/c1-12(14,15)8-3-7(5-10(18)11(19)20)4-9(6-8)13(2,16)17/h3-4,6,10H,5,18H2,1-2H3,(H2,19,20). The number of carbonyl (C=O) groups is 1. The molecule has 0 saturated heterocycles. The monoisotopic (exact) mass is 292 g/mol. The van der Waals surface area contributed by atoms with Crippen LogP contribution in [0.2, 0.25) is 0 Å². The molecule has 0 aliphatic heterocycles. The summed E-state index contributed by atoms with van der Waals surface area (Å²) in [5.74, 6) is -7.37. The van der Waals surface area contributed by atoms with Gasteiger partial charge >= 0.3 is 0 Å². The minimum absolute atomic E-state index is 0.117. The number of carbonyl (C=O) groups excluding carboxylic acids is 1. The minimum Gasteiger partial charge on any atom is -0.368 e. The average molecular weight is 292 g/mol. The van der Waals surface area contributed by atoms with Gasteiger partial charge in [0.1, 0.15) is 0 Å². The molecule has 7 heteroatoms. The molecule has 0 aromatic heterocycles. The summed E-state index contributed by atoms with van der Waals surface area (Å²) in [5.41, 5.74) is 9.40. The van der Waals surface area contributed by atoms with Crippen LogP contribution in [-0.2, 0) is 23.1 Å². The van der Waals surface area contributed by atoms with Crippen molar-refractivity contribution in [2.45, 2.75) is 38.2 Å². The van der Waals surface area contributed by atoms with Crippen LogP contribution >= 0.6 is 0 Å². The highest BCUT2D eigenvalue weighted by atomic mass is 19.3. The zero-order chi connectivity index (χ0) is 15.7. The number of hydrogen-bond donors (Lipinski definition) is 2. The van der Waals surface area contributed by atoms with Crippen LogP contribution in [0, 0.1) is 0 Å². The van der Waals surface area contributed by atoms with E-state index < -0.39 is 34.9 Å². The Bertz CT molecular complexity index is 474. The van der Waals surface area contributed by atoms with Gasteiger partial charge in [-0.05, 0) is 30.2 Å². The highest BCUT2D eigenvalue weighted by Crippen LogP contribution is 2.34. The molecule has 0 radical (unpaired) electrons. The van der Waals surface area contributed by atoms with Gasteiger partial charge in [-0.1, -0.05) is 0 Å². The fraction of sp³-hybridized carbons (Fsp3) is 0.462. The topological polar surface area (TPSA) is 69.1 Å². The van der Waals surface area contributed by atoms with Crippen LogP contribution in [0.1, 0.15) is 30.5 Å². The van der Waals surface area contributed by atoms with Gasteiger partial charge in [-0.15, -0.1) is 0 Å². The minimum atomic E-state index is -3.27. The lowest BCUT2D eigenvalue weighted by Gasteiger charge is -2.18. The summed E-state index contributed by atoms with van der Waals surface area (Å²) >= 11 is 0. The number of hydrogen-bond acceptors (Lipinski definition) is 2. The maximum atomic E-state index is 13.3. The van der Waals surface area contributed by atoms with Crippen molar-refractivity contribution in [3.63, 3.8) is 0 Å². The number of nitrogens with two attached hydrogens (primary N) is 2. The largest absolute Gasteiger partial charge is 0.368 e. The number of benzene rings is 1. The normalized spacial score (nSPS) is 14.2. The first kappa shape index (κ1) is 16.4. The molecule has 0 spiro atoms. The average Bonchev–Trinajstić information content (AvgIpc) is 2.26. The van der Waals surface area contributed by atoms with E-state index in [1.165, 1.54) is 0 Å². The Kier molecular flexibility index (Phi) is 4.43. The van der Waals surface area contributed by atoms with Gasteiger partial charge in [-0.25, -0.2) is 17.6 Å². The van der Waals surface area contributed by atoms with Crippen molar-refractivity contribution >= 4 is 5.91 Å². The van der Waals surface area contributed by atoms with Crippen molar-refractivity contribution in [2.75, 3.05) is 0 Å². The first-order chi connectivity index (χ1) is 8.91. The lowest BCUT2D eigenvalue weighted by Crippen LogP contribution is -2.38. The van der Waals surface area contributed by atoms with Crippen LogP contribution in [0.3, 0.4) is 0 Å². The smallest absolute Gasteiger partial charge is 0.270 e. The third-order valence-corrected chi connectivity index (χ3v) is 2.83. The molecule has 0 bridgehead atoms. The Morgan fingerprint density at radius 3 is 1.80 bits per heavy atom. The Morgan fingerprint density at radius 2 is 1.50 bits per heavy atom. The molecule has 1 unspecified atom stereocenters. The lowest BCUT2D eigenvalue weighted by atomic mass is 9.95. The number of amides is 1. The van der Waals surface area contributed by atoms with E-state index in [1.807, 2.05) is 0 Å². The molecule has 20 heavy (non-hydrogen) atoms. The van der Waals surface area contributed by atoms with Gasteiger partial charge in [0.05, 0.1) is 6.04 Å². The zero-order valence-electron chi connectivity index (χ0n) is 11.1. The molecular formula is C13H16F4N2O. The van der Waals surface area contributed by atoms with Crippen molar-refractivity contribution < 1.29 is 22.4 Å². The lowest BCUT2D eigenvalue weighted by molar-refractivity contribution is -0.119. The molecule has 0 saturated carbocycles. The van der Waals surface area contributed by atoms with E-state index in [0.29, 0.717) is 13.8 Å². The molecule has 1 amide bonds. The van der Waals surface area contributed by atoms with Crippen molar-refractivity contribution in [1.29, 1.82) is 0 Å². The predicted molar refractivity (Wildman–Crippen MR) is 66.5 cm³/mol. The van der Waals surface area contributed by atoms with Crippen molar-refractivity contribution in [3.8, 4) is 0 Å². The summed E-state index contributed by atoms with van der Waals surface area (Å²) in [7, 11) is 0. The molecule has 0 heterocycles. The van der Waals surface area contributed by atoms with Crippen LogP contribution < -0.4 is 11.5 Å². The highest BCUT2D eigenvalue weighted by molar-refractivity contribution is 5.79. The summed E-state index contributed by atoms with van der Waals surface area (Å²) in [5, 5.41) is 0.